The lowest BCUT2D eigenvalue weighted by Crippen LogP contribution is -2.19. The second-order valence-corrected chi connectivity index (χ2v) is 8.51. The monoisotopic (exact) mass is 511 g/mol. The van der Waals surface area contributed by atoms with Gasteiger partial charge in [-0.1, -0.05) is 12.1 Å². The van der Waals surface area contributed by atoms with Crippen molar-refractivity contribution in [3.05, 3.63) is 66.5 Å². The fourth-order valence-corrected chi connectivity index (χ4v) is 3.81. The highest BCUT2D eigenvalue weighted by atomic mass is 19.4. The lowest BCUT2D eigenvalue weighted by atomic mass is 10.0. The van der Waals surface area contributed by atoms with E-state index >= 15 is 0 Å². The summed E-state index contributed by atoms with van der Waals surface area (Å²) in [6.07, 6.45) is -1.48. The van der Waals surface area contributed by atoms with E-state index in [1.54, 1.807) is 42.7 Å². The molecule has 190 valence electrons. The van der Waals surface area contributed by atoms with E-state index < -0.39 is 17.8 Å². The molecule has 37 heavy (non-hydrogen) atoms. The predicted octanol–water partition coefficient (Wildman–Crippen LogP) is 5.41. The number of para-hydroxylation sites is 1. The van der Waals surface area contributed by atoms with E-state index in [0.717, 1.165) is 0 Å². The van der Waals surface area contributed by atoms with Crippen molar-refractivity contribution in [2.45, 2.75) is 6.18 Å². The molecule has 0 atom stereocenters. The summed E-state index contributed by atoms with van der Waals surface area (Å²) >= 11 is 0. The Morgan fingerprint density at radius 2 is 1.86 bits per heavy atom. The Morgan fingerprint density at radius 3 is 2.59 bits per heavy atom. The lowest BCUT2D eigenvalue weighted by molar-refractivity contribution is -0.144. The SMILES string of the molecule is CN(C)CCOc1ccc(Nc2nc3c(-c4n[nH]c(C(F)(F)F)n4)cccc3c3cnccc23)c(F)c1. The zero-order valence-electron chi connectivity index (χ0n) is 19.8. The molecule has 0 aliphatic rings. The average molecular weight is 511 g/mol. The van der Waals surface area contributed by atoms with E-state index in [9.17, 15) is 17.6 Å². The first-order valence-corrected chi connectivity index (χ1v) is 11.2. The number of nitrogens with one attached hydrogen (secondary N) is 2. The average Bonchev–Trinajstić information content (AvgIpc) is 3.36. The minimum absolute atomic E-state index is 0.152. The van der Waals surface area contributed by atoms with E-state index in [2.05, 4.69) is 25.4 Å². The first kappa shape index (κ1) is 24.4. The van der Waals surface area contributed by atoms with Crippen molar-refractivity contribution in [2.75, 3.05) is 32.6 Å². The number of hydrogen-bond acceptors (Lipinski definition) is 7. The normalized spacial score (nSPS) is 12.0. The minimum Gasteiger partial charge on any atom is -0.492 e. The summed E-state index contributed by atoms with van der Waals surface area (Å²) in [7, 11) is 3.83. The lowest BCUT2D eigenvalue weighted by Gasteiger charge is -2.14. The van der Waals surface area contributed by atoms with Crippen molar-refractivity contribution in [3.63, 3.8) is 0 Å². The highest BCUT2D eigenvalue weighted by molar-refractivity contribution is 6.13. The molecule has 0 bridgehead atoms. The van der Waals surface area contributed by atoms with Crippen molar-refractivity contribution >= 4 is 33.2 Å². The van der Waals surface area contributed by atoms with Gasteiger partial charge < -0.3 is 15.0 Å². The van der Waals surface area contributed by atoms with Crippen molar-refractivity contribution in [1.29, 1.82) is 0 Å². The van der Waals surface area contributed by atoms with Crippen LogP contribution >= 0.6 is 0 Å². The summed E-state index contributed by atoms with van der Waals surface area (Å²) in [6.45, 7) is 1.09. The number of nitrogens with zero attached hydrogens (tertiary/aromatic N) is 5. The van der Waals surface area contributed by atoms with Crippen LogP contribution in [0.25, 0.3) is 33.1 Å². The van der Waals surface area contributed by atoms with Gasteiger partial charge in [-0.3, -0.25) is 10.1 Å². The van der Waals surface area contributed by atoms with E-state index in [1.165, 1.54) is 12.1 Å². The number of aromatic amines is 1. The summed E-state index contributed by atoms with van der Waals surface area (Å²) in [6, 6.07) is 11.2. The van der Waals surface area contributed by atoms with Crippen LogP contribution in [0.4, 0.5) is 29.1 Å². The molecular formula is C25H21F4N7O. The predicted molar refractivity (Wildman–Crippen MR) is 131 cm³/mol. The molecule has 5 rings (SSSR count). The van der Waals surface area contributed by atoms with Crippen LogP contribution in [0.5, 0.6) is 5.75 Å². The molecule has 3 heterocycles. The van der Waals surface area contributed by atoms with E-state index in [1.807, 2.05) is 24.1 Å². The molecule has 12 heteroatoms. The number of ether oxygens (including phenoxy) is 1. The number of halogens is 4. The van der Waals surface area contributed by atoms with Crippen LogP contribution in [0.2, 0.25) is 0 Å². The van der Waals surface area contributed by atoms with Crippen molar-refractivity contribution in [2.24, 2.45) is 0 Å². The third kappa shape index (κ3) is 5.00. The van der Waals surface area contributed by atoms with Gasteiger partial charge in [0.25, 0.3) is 0 Å². The Bertz CT molecular complexity index is 1580. The highest BCUT2D eigenvalue weighted by Gasteiger charge is 2.35. The molecule has 8 nitrogen and oxygen atoms in total. The Hall–Kier alpha value is -4.32. The van der Waals surface area contributed by atoms with Crippen LogP contribution in [0, 0.1) is 5.82 Å². The third-order valence-corrected chi connectivity index (χ3v) is 5.62. The largest absolute Gasteiger partial charge is 0.492 e. The maximum Gasteiger partial charge on any atom is 0.451 e. The van der Waals surface area contributed by atoms with Crippen LogP contribution < -0.4 is 10.1 Å². The zero-order valence-corrected chi connectivity index (χ0v) is 19.8. The molecule has 0 fully saturated rings. The molecule has 0 aliphatic carbocycles. The summed E-state index contributed by atoms with van der Waals surface area (Å²) < 4.78 is 59.9. The van der Waals surface area contributed by atoms with Crippen LogP contribution in [0.15, 0.2) is 54.9 Å². The maximum absolute atomic E-state index is 15.0. The molecule has 0 radical (unpaired) electrons. The molecule has 0 amide bonds. The second-order valence-electron chi connectivity index (χ2n) is 8.51. The number of likely N-dealkylation sites (N-methyl/N-ethyl adjacent to an activating group) is 1. The van der Waals surface area contributed by atoms with E-state index in [-0.39, 0.29) is 17.1 Å². The van der Waals surface area contributed by atoms with Gasteiger partial charge in [0.15, 0.2) is 5.82 Å². The number of pyridine rings is 2. The molecule has 5 aromatic rings. The van der Waals surface area contributed by atoms with Crippen molar-refractivity contribution < 1.29 is 22.3 Å². The fourth-order valence-electron chi connectivity index (χ4n) is 3.81. The van der Waals surface area contributed by atoms with Crippen molar-refractivity contribution in [1.82, 2.24) is 30.0 Å². The second kappa shape index (κ2) is 9.62. The maximum atomic E-state index is 15.0. The van der Waals surface area contributed by atoms with Crippen LogP contribution in [-0.4, -0.2) is 57.3 Å². The Labute approximate surface area is 208 Å². The van der Waals surface area contributed by atoms with Crippen LogP contribution in [0.3, 0.4) is 0 Å². The summed E-state index contributed by atoms with van der Waals surface area (Å²) in [5.41, 5.74) is 0.769. The Morgan fingerprint density at radius 1 is 1.03 bits per heavy atom. The number of rotatable bonds is 7. The standard InChI is InChI=1S/C25H21F4N7O/c1-36(2)10-11-37-14-6-7-20(19(26)12-14)31-22-16-8-9-30-13-18(16)15-4-3-5-17(21(15)32-22)23-33-24(35-34-23)25(27,28)29/h3-9,12-13H,10-11H2,1-2H3,(H,31,32)(H,33,34,35). The number of H-pyrrole nitrogens is 1. The number of fused-ring (bicyclic) bond motifs is 3. The van der Waals surface area contributed by atoms with Crippen molar-refractivity contribution in [3.8, 4) is 17.1 Å². The molecule has 3 aromatic heterocycles. The van der Waals surface area contributed by atoms with Gasteiger partial charge in [-0.05, 0) is 38.4 Å². The number of anilines is 2. The van der Waals surface area contributed by atoms with Crippen LogP contribution in [-0.2, 0) is 6.18 Å². The van der Waals surface area contributed by atoms with Gasteiger partial charge >= 0.3 is 6.18 Å². The third-order valence-electron chi connectivity index (χ3n) is 5.62. The summed E-state index contributed by atoms with van der Waals surface area (Å²) in [5, 5.41) is 10.6. The number of benzene rings is 2. The minimum atomic E-state index is -4.67. The summed E-state index contributed by atoms with van der Waals surface area (Å²) in [5.74, 6) is -1.24. The Balaban J connectivity index is 1.57. The molecule has 2 aromatic carbocycles. The quantitative estimate of drug-likeness (QED) is 0.223. The Kier molecular flexibility index (Phi) is 6.34. The molecular weight excluding hydrogens is 490 g/mol. The zero-order chi connectivity index (χ0) is 26.2. The van der Waals surface area contributed by atoms with Gasteiger partial charge in [-0.2, -0.15) is 18.3 Å². The molecule has 0 saturated carbocycles. The highest BCUT2D eigenvalue weighted by Crippen LogP contribution is 2.36. The van der Waals surface area contributed by atoms with Gasteiger partial charge in [0.1, 0.15) is 24.0 Å². The number of alkyl halides is 3. The topological polar surface area (TPSA) is 91.8 Å². The fraction of sp³-hybridized carbons (Fsp3) is 0.200. The molecule has 2 N–H and O–H groups in total. The number of aromatic nitrogens is 5. The summed E-state index contributed by atoms with van der Waals surface area (Å²) in [4.78, 5) is 14.4. The first-order chi connectivity index (χ1) is 17.7. The van der Waals surface area contributed by atoms with E-state index in [4.69, 9.17) is 4.74 Å². The van der Waals surface area contributed by atoms with E-state index in [0.29, 0.717) is 46.4 Å². The molecule has 0 unspecified atom stereocenters. The smallest absolute Gasteiger partial charge is 0.451 e. The van der Waals surface area contributed by atoms with Crippen LogP contribution in [0.1, 0.15) is 5.82 Å². The van der Waals surface area contributed by atoms with Gasteiger partial charge in [-0.15, -0.1) is 0 Å². The van der Waals surface area contributed by atoms with Gasteiger partial charge in [0.2, 0.25) is 5.82 Å². The molecule has 0 aliphatic heterocycles. The van der Waals surface area contributed by atoms with Gasteiger partial charge in [0, 0.05) is 46.7 Å². The molecule has 0 spiro atoms. The van der Waals surface area contributed by atoms with Gasteiger partial charge in [-0.25, -0.2) is 14.4 Å². The first-order valence-electron chi connectivity index (χ1n) is 11.2. The molecule has 0 saturated heterocycles. The van der Waals surface area contributed by atoms with Gasteiger partial charge in [0.05, 0.1) is 11.2 Å². The number of hydrogen-bond donors (Lipinski definition) is 2.